The minimum Gasteiger partial charge on any atom is -0.379 e. The van der Waals surface area contributed by atoms with Crippen molar-refractivity contribution >= 4 is 5.96 Å². The molecule has 27 heavy (non-hydrogen) atoms. The lowest BCUT2D eigenvalue weighted by molar-refractivity contribution is 0.0168. The quantitative estimate of drug-likeness (QED) is 0.386. The van der Waals surface area contributed by atoms with Crippen molar-refractivity contribution in [2.45, 2.75) is 71.1 Å². The number of fused-ring (bicyclic) bond motifs is 1. The average molecular weight is 379 g/mol. The standard InChI is InChI=1S/C19H34N6O2/c1-2-20-19(21-10-7-12-26-15-16-8-6-13-27-16)22-14-18-24-23-17-9-4-3-5-11-25(17)18/h16H,2-15H2,1H3,(H2,20,21,22). The number of rotatable bonds is 9. The van der Waals surface area contributed by atoms with Gasteiger partial charge in [0.05, 0.1) is 12.7 Å². The van der Waals surface area contributed by atoms with Crippen molar-refractivity contribution in [1.82, 2.24) is 25.4 Å². The molecule has 3 heterocycles. The van der Waals surface area contributed by atoms with Gasteiger partial charge in [0.15, 0.2) is 11.8 Å². The highest BCUT2D eigenvalue weighted by Gasteiger charge is 2.15. The van der Waals surface area contributed by atoms with E-state index in [0.717, 1.165) is 76.1 Å². The Morgan fingerprint density at radius 1 is 1.26 bits per heavy atom. The molecule has 1 fully saturated rings. The van der Waals surface area contributed by atoms with Gasteiger partial charge in [0.25, 0.3) is 0 Å². The molecule has 0 aliphatic carbocycles. The first-order chi connectivity index (χ1) is 13.4. The number of aromatic nitrogens is 3. The van der Waals surface area contributed by atoms with E-state index in [2.05, 4.69) is 37.3 Å². The summed E-state index contributed by atoms with van der Waals surface area (Å²) in [5, 5.41) is 15.4. The molecule has 0 saturated carbocycles. The van der Waals surface area contributed by atoms with E-state index in [1.54, 1.807) is 0 Å². The molecule has 0 spiro atoms. The van der Waals surface area contributed by atoms with Crippen LogP contribution in [-0.2, 0) is 29.0 Å². The maximum Gasteiger partial charge on any atom is 0.191 e. The summed E-state index contributed by atoms with van der Waals surface area (Å²) in [6.07, 6.45) is 8.24. The minimum atomic E-state index is 0.301. The highest BCUT2D eigenvalue weighted by molar-refractivity contribution is 5.79. The highest BCUT2D eigenvalue weighted by Crippen LogP contribution is 2.15. The first kappa shape index (κ1) is 20.1. The number of nitrogens with one attached hydrogen (secondary N) is 2. The molecule has 2 N–H and O–H groups in total. The minimum absolute atomic E-state index is 0.301. The van der Waals surface area contributed by atoms with E-state index in [1.807, 2.05) is 0 Å². The van der Waals surface area contributed by atoms with Gasteiger partial charge >= 0.3 is 0 Å². The third-order valence-electron chi connectivity index (χ3n) is 4.99. The van der Waals surface area contributed by atoms with Crippen LogP contribution in [0.1, 0.15) is 57.1 Å². The van der Waals surface area contributed by atoms with Crippen LogP contribution >= 0.6 is 0 Å². The number of nitrogens with zero attached hydrogens (tertiary/aromatic N) is 4. The molecule has 8 nitrogen and oxygen atoms in total. The number of hydrogen-bond acceptors (Lipinski definition) is 5. The molecule has 1 unspecified atom stereocenters. The van der Waals surface area contributed by atoms with E-state index in [4.69, 9.17) is 9.47 Å². The number of aryl methyl sites for hydroxylation is 1. The summed E-state index contributed by atoms with van der Waals surface area (Å²) < 4.78 is 13.5. The topological polar surface area (TPSA) is 85.6 Å². The van der Waals surface area contributed by atoms with Crippen LogP contribution in [0.25, 0.3) is 0 Å². The monoisotopic (exact) mass is 378 g/mol. The number of aliphatic imine (C=N–C) groups is 1. The zero-order valence-electron chi connectivity index (χ0n) is 16.6. The highest BCUT2D eigenvalue weighted by atomic mass is 16.5. The second-order valence-corrected chi connectivity index (χ2v) is 7.18. The van der Waals surface area contributed by atoms with Crippen molar-refractivity contribution in [3.05, 3.63) is 11.6 Å². The molecule has 1 atom stereocenters. The molecule has 0 aromatic carbocycles. The lowest BCUT2D eigenvalue weighted by Gasteiger charge is -2.13. The first-order valence-electron chi connectivity index (χ1n) is 10.5. The van der Waals surface area contributed by atoms with E-state index in [9.17, 15) is 0 Å². The van der Waals surface area contributed by atoms with Crippen LogP contribution in [0.3, 0.4) is 0 Å². The zero-order chi connectivity index (χ0) is 18.7. The van der Waals surface area contributed by atoms with Crippen LogP contribution in [0, 0.1) is 0 Å². The zero-order valence-corrected chi connectivity index (χ0v) is 16.6. The summed E-state index contributed by atoms with van der Waals surface area (Å²) in [6, 6.07) is 0. The predicted molar refractivity (Wildman–Crippen MR) is 105 cm³/mol. The van der Waals surface area contributed by atoms with Crippen LogP contribution < -0.4 is 10.6 Å². The van der Waals surface area contributed by atoms with Crippen molar-refractivity contribution in [1.29, 1.82) is 0 Å². The number of ether oxygens (including phenoxy) is 2. The molecule has 152 valence electrons. The Labute approximate surface area is 162 Å². The fourth-order valence-corrected chi connectivity index (χ4v) is 3.53. The molecule has 1 saturated heterocycles. The molecule has 1 aromatic rings. The van der Waals surface area contributed by atoms with E-state index in [0.29, 0.717) is 19.3 Å². The van der Waals surface area contributed by atoms with E-state index in [-0.39, 0.29) is 0 Å². The van der Waals surface area contributed by atoms with Crippen LogP contribution in [0.15, 0.2) is 4.99 Å². The van der Waals surface area contributed by atoms with Gasteiger partial charge < -0.3 is 24.7 Å². The van der Waals surface area contributed by atoms with Crippen LogP contribution in [0.2, 0.25) is 0 Å². The van der Waals surface area contributed by atoms with Crippen LogP contribution in [0.4, 0.5) is 0 Å². The Kier molecular flexibility index (Phi) is 8.35. The number of guanidine groups is 1. The third kappa shape index (κ3) is 6.46. The Balaban J connectivity index is 1.39. The summed E-state index contributed by atoms with van der Waals surface area (Å²) in [7, 11) is 0. The van der Waals surface area contributed by atoms with Crippen molar-refractivity contribution < 1.29 is 9.47 Å². The van der Waals surface area contributed by atoms with Gasteiger partial charge in [-0.1, -0.05) is 6.42 Å². The third-order valence-corrected chi connectivity index (χ3v) is 4.99. The Bertz CT molecular complexity index is 583. The maximum atomic E-state index is 5.71. The first-order valence-corrected chi connectivity index (χ1v) is 10.5. The van der Waals surface area contributed by atoms with Gasteiger partial charge in [-0.25, -0.2) is 4.99 Å². The molecule has 1 aromatic heterocycles. The van der Waals surface area contributed by atoms with Crippen molar-refractivity contribution in [3.8, 4) is 0 Å². The smallest absolute Gasteiger partial charge is 0.191 e. The van der Waals surface area contributed by atoms with Crippen LogP contribution in [0.5, 0.6) is 0 Å². The fraction of sp³-hybridized carbons (Fsp3) is 0.842. The van der Waals surface area contributed by atoms with Gasteiger partial charge in [-0.05, 0) is 39.0 Å². The second kappa shape index (κ2) is 11.2. The lowest BCUT2D eigenvalue weighted by atomic mass is 10.2. The van der Waals surface area contributed by atoms with Gasteiger partial charge in [0.1, 0.15) is 12.4 Å². The lowest BCUT2D eigenvalue weighted by Crippen LogP contribution is -2.38. The summed E-state index contributed by atoms with van der Waals surface area (Å²) in [5.74, 6) is 2.89. The Morgan fingerprint density at radius 2 is 2.22 bits per heavy atom. The van der Waals surface area contributed by atoms with Gasteiger partial charge in [-0.2, -0.15) is 0 Å². The molecule has 2 aliphatic heterocycles. The summed E-state index contributed by atoms with van der Waals surface area (Å²) in [6.45, 7) is 7.64. The van der Waals surface area contributed by atoms with E-state index < -0.39 is 0 Å². The van der Waals surface area contributed by atoms with E-state index >= 15 is 0 Å². The Morgan fingerprint density at radius 3 is 3.07 bits per heavy atom. The second-order valence-electron chi connectivity index (χ2n) is 7.18. The van der Waals surface area contributed by atoms with Gasteiger partial charge in [-0.3, -0.25) is 0 Å². The largest absolute Gasteiger partial charge is 0.379 e. The van der Waals surface area contributed by atoms with Gasteiger partial charge in [-0.15, -0.1) is 10.2 Å². The summed E-state index contributed by atoms with van der Waals surface area (Å²) in [4.78, 5) is 4.69. The molecule has 3 rings (SSSR count). The molecule has 2 aliphatic rings. The van der Waals surface area contributed by atoms with E-state index in [1.165, 1.54) is 19.3 Å². The van der Waals surface area contributed by atoms with Crippen LogP contribution in [-0.4, -0.2) is 59.7 Å². The van der Waals surface area contributed by atoms with Crippen molar-refractivity contribution in [2.75, 3.05) is 32.9 Å². The number of hydrogen-bond donors (Lipinski definition) is 2. The van der Waals surface area contributed by atoms with Crippen molar-refractivity contribution in [2.24, 2.45) is 4.99 Å². The maximum absolute atomic E-state index is 5.71. The molecule has 0 bridgehead atoms. The average Bonchev–Trinajstić information content (AvgIpc) is 3.27. The summed E-state index contributed by atoms with van der Waals surface area (Å²) in [5.41, 5.74) is 0. The molecular weight excluding hydrogens is 344 g/mol. The molecule has 0 amide bonds. The normalized spacial score (nSPS) is 20.3. The molecule has 8 heteroatoms. The van der Waals surface area contributed by atoms with Gasteiger partial charge in [0, 0.05) is 39.3 Å². The molecule has 0 radical (unpaired) electrons. The Hall–Kier alpha value is -1.67. The van der Waals surface area contributed by atoms with Gasteiger partial charge in [0.2, 0.25) is 0 Å². The predicted octanol–water partition coefficient (Wildman–Crippen LogP) is 1.65. The van der Waals surface area contributed by atoms with Crippen molar-refractivity contribution in [3.63, 3.8) is 0 Å². The SMILES string of the molecule is CCNC(=NCc1nnc2n1CCCCC2)NCCCOCC1CCCO1. The fourth-order valence-electron chi connectivity index (χ4n) is 3.53. The molecular formula is C19H34N6O2. The summed E-state index contributed by atoms with van der Waals surface area (Å²) >= 11 is 0.